The van der Waals surface area contributed by atoms with E-state index in [1.54, 1.807) is 12.1 Å². The number of phenolic OH excluding ortho intramolecular Hbond substituents is 1. The van der Waals surface area contributed by atoms with Crippen LogP contribution in [0.4, 0.5) is 5.69 Å². The lowest BCUT2D eigenvalue weighted by atomic mass is 9.76. The summed E-state index contributed by atoms with van der Waals surface area (Å²) in [5.74, 6) is 0.596. The molecule has 6 heteroatoms. The van der Waals surface area contributed by atoms with Gasteiger partial charge < -0.3 is 10.4 Å². The Labute approximate surface area is 200 Å². The lowest BCUT2D eigenvalue weighted by Gasteiger charge is -2.38. The molecule has 5 nitrogen and oxygen atoms in total. The molecule has 3 N–H and O–H groups in total. The topological polar surface area (TPSA) is 78.4 Å². The standard InChI is InChI=1S/C28H30N2O3S/c31-26-16-13-18-7-4-5-10-21(18)27(26)28-23-12-6-11-22(23)24-17-20(14-15-25(24)29-28)34(32,33)30-19-8-2-1-3-9-19/h4-7,10-11,13-17,19,22-23,28-31H,1-3,8-9,12H2. The summed E-state index contributed by atoms with van der Waals surface area (Å²) >= 11 is 0. The van der Waals surface area contributed by atoms with Crippen LogP contribution in [0.3, 0.4) is 0 Å². The van der Waals surface area contributed by atoms with Crippen molar-refractivity contribution in [1.29, 1.82) is 0 Å². The Bertz CT molecular complexity index is 1380. The minimum absolute atomic E-state index is 0.0331. The van der Waals surface area contributed by atoms with Crippen LogP contribution in [0.5, 0.6) is 5.75 Å². The molecule has 6 rings (SSSR count). The maximum absolute atomic E-state index is 13.2. The molecule has 3 aliphatic rings. The van der Waals surface area contributed by atoms with E-state index in [1.165, 1.54) is 6.42 Å². The van der Waals surface area contributed by atoms with Crippen molar-refractivity contribution in [2.45, 2.75) is 61.4 Å². The van der Waals surface area contributed by atoms with E-state index in [2.05, 4.69) is 34.3 Å². The largest absolute Gasteiger partial charge is 0.508 e. The number of sulfonamides is 1. The molecule has 0 bridgehead atoms. The van der Waals surface area contributed by atoms with Gasteiger partial charge in [0.2, 0.25) is 10.0 Å². The smallest absolute Gasteiger partial charge is 0.240 e. The summed E-state index contributed by atoms with van der Waals surface area (Å²) in [5.41, 5.74) is 2.86. The van der Waals surface area contributed by atoms with Crippen LogP contribution >= 0.6 is 0 Å². The van der Waals surface area contributed by atoms with Crippen LogP contribution in [0, 0.1) is 5.92 Å². The molecular formula is C28H30N2O3S. The van der Waals surface area contributed by atoms with Crippen molar-refractivity contribution in [2.24, 2.45) is 5.92 Å². The highest BCUT2D eigenvalue weighted by molar-refractivity contribution is 7.89. The van der Waals surface area contributed by atoms with Crippen LogP contribution in [0.25, 0.3) is 10.8 Å². The molecule has 1 fully saturated rings. The van der Waals surface area contributed by atoms with Crippen molar-refractivity contribution < 1.29 is 13.5 Å². The van der Waals surface area contributed by atoms with E-state index in [-0.39, 0.29) is 23.9 Å². The summed E-state index contributed by atoms with van der Waals surface area (Å²) in [4.78, 5) is 0.337. The summed E-state index contributed by atoms with van der Waals surface area (Å²) in [6.45, 7) is 0. The van der Waals surface area contributed by atoms with E-state index < -0.39 is 10.0 Å². The lowest BCUT2D eigenvalue weighted by molar-refractivity contribution is 0.404. The number of phenols is 1. The number of anilines is 1. The highest BCUT2D eigenvalue weighted by Gasteiger charge is 2.40. The number of hydrogen-bond donors (Lipinski definition) is 3. The van der Waals surface area contributed by atoms with Gasteiger partial charge in [0.05, 0.1) is 10.9 Å². The first kappa shape index (κ1) is 21.7. The van der Waals surface area contributed by atoms with E-state index in [0.29, 0.717) is 10.6 Å². The van der Waals surface area contributed by atoms with Crippen LogP contribution in [0.1, 0.15) is 61.6 Å². The van der Waals surface area contributed by atoms with E-state index in [9.17, 15) is 13.5 Å². The summed E-state index contributed by atoms with van der Waals surface area (Å²) in [6, 6.07) is 17.3. The van der Waals surface area contributed by atoms with Gasteiger partial charge in [-0.1, -0.05) is 61.7 Å². The van der Waals surface area contributed by atoms with Gasteiger partial charge in [0.25, 0.3) is 0 Å². The van der Waals surface area contributed by atoms with Gasteiger partial charge in [0.1, 0.15) is 5.75 Å². The second-order valence-corrected chi connectivity index (χ2v) is 11.6. The number of allylic oxidation sites excluding steroid dienone is 2. The number of nitrogens with one attached hydrogen (secondary N) is 2. The Balaban J connectivity index is 1.38. The normalized spacial score (nSPS) is 24.5. The van der Waals surface area contributed by atoms with E-state index in [0.717, 1.165) is 59.7 Å². The molecule has 3 aromatic carbocycles. The highest BCUT2D eigenvalue weighted by Crippen LogP contribution is 2.52. The molecule has 1 heterocycles. The number of fused-ring (bicyclic) bond motifs is 4. The molecule has 176 valence electrons. The van der Waals surface area contributed by atoms with E-state index >= 15 is 0 Å². The molecule has 34 heavy (non-hydrogen) atoms. The molecule has 0 aromatic heterocycles. The first-order valence-corrected chi connectivity index (χ1v) is 13.8. The molecule has 0 spiro atoms. The quantitative estimate of drug-likeness (QED) is 0.406. The Hall–Kier alpha value is -2.83. The summed E-state index contributed by atoms with van der Waals surface area (Å²) < 4.78 is 29.3. The van der Waals surface area contributed by atoms with Gasteiger partial charge in [-0.25, -0.2) is 13.1 Å². The van der Waals surface area contributed by atoms with Gasteiger partial charge >= 0.3 is 0 Å². The predicted octanol–water partition coefficient (Wildman–Crippen LogP) is 5.98. The Morgan fingerprint density at radius 1 is 0.971 bits per heavy atom. The minimum atomic E-state index is -3.57. The Kier molecular flexibility index (Phi) is 5.38. The molecule has 0 saturated heterocycles. The zero-order chi connectivity index (χ0) is 23.3. The van der Waals surface area contributed by atoms with E-state index in [1.807, 2.05) is 30.3 Å². The zero-order valence-corrected chi connectivity index (χ0v) is 19.9. The second kappa shape index (κ2) is 8.43. The molecule has 3 atom stereocenters. The van der Waals surface area contributed by atoms with Crippen LogP contribution in [0.2, 0.25) is 0 Å². The minimum Gasteiger partial charge on any atom is -0.508 e. The number of benzene rings is 3. The van der Waals surface area contributed by atoms with Gasteiger partial charge in [0, 0.05) is 23.2 Å². The highest BCUT2D eigenvalue weighted by atomic mass is 32.2. The fraction of sp³-hybridized carbons (Fsp3) is 0.357. The van der Waals surface area contributed by atoms with Gasteiger partial charge in [0.15, 0.2) is 0 Å². The molecule has 0 amide bonds. The average molecular weight is 475 g/mol. The zero-order valence-electron chi connectivity index (χ0n) is 19.1. The third kappa shape index (κ3) is 3.69. The molecule has 1 aliphatic heterocycles. The van der Waals surface area contributed by atoms with Gasteiger partial charge in [-0.15, -0.1) is 0 Å². The monoisotopic (exact) mass is 474 g/mol. The van der Waals surface area contributed by atoms with Crippen LogP contribution in [-0.4, -0.2) is 19.6 Å². The third-order valence-corrected chi connectivity index (χ3v) is 9.35. The maximum Gasteiger partial charge on any atom is 0.240 e. The maximum atomic E-state index is 13.2. The molecule has 1 saturated carbocycles. The van der Waals surface area contributed by atoms with Crippen molar-refractivity contribution in [1.82, 2.24) is 4.72 Å². The average Bonchev–Trinajstić information content (AvgIpc) is 3.34. The van der Waals surface area contributed by atoms with E-state index in [4.69, 9.17) is 0 Å². The third-order valence-electron chi connectivity index (χ3n) is 7.83. The summed E-state index contributed by atoms with van der Waals surface area (Å²) in [7, 11) is -3.57. The summed E-state index contributed by atoms with van der Waals surface area (Å²) in [6.07, 6.45) is 10.4. The lowest BCUT2D eigenvalue weighted by Crippen LogP contribution is -2.36. The molecule has 2 aliphatic carbocycles. The fourth-order valence-electron chi connectivity index (χ4n) is 6.14. The number of aromatic hydroxyl groups is 1. The molecule has 3 unspecified atom stereocenters. The molecule has 0 radical (unpaired) electrons. The van der Waals surface area contributed by atoms with Crippen LogP contribution in [-0.2, 0) is 10.0 Å². The van der Waals surface area contributed by atoms with Gasteiger partial charge in [-0.2, -0.15) is 0 Å². The van der Waals surface area contributed by atoms with Crippen LogP contribution in [0.15, 0.2) is 71.6 Å². The van der Waals surface area contributed by atoms with Crippen LogP contribution < -0.4 is 10.0 Å². The van der Waals surface area contributed by atoms with Gasteiger partial charge in [-0.05, 0) is 65.8 Å². The Morgan fingerprint density at radius 3 is 2.65 bits per heavy atom. The second-order valence-electron chi connectivity index (χ2n) is 9.90. The van der Waals surface area contributed by atoms with Crippen molar-refractivity contribution in [3.63, 3.8) is 0 Å². The molecular weight excluding hydrogens is 444 g/mol. The number of hydrogen-bond acceptors (Lipinski definition) is 4. The number of rotatable bonds is 4. The van der Waals surface area contributed by atoms with Gasteiger partial charge in [-0.3, -0.25) is 0 Å². The summed E-state index contributed by atoms with van der Waals surface area (Å²) in [5, 5.41) is 16.7. The van der Waals surface area contributed by atoms with Crippen molar-refractivity contribution in [2.75, 3.05) is 5.32 Å². The van der Waals surface area contributed by atoms with Crippen molar-refractivity contribution in [3.8, 4) is 5.75 Å². The first-order chi connectivity index (χ1) is 16.5. The fourth-order valence-corrected chi connectivity index (χ4v) is 7.48. The SMILES string of the molecule is O=S(=O)(NC1CCCCC1)c1ccc2c(c1)C1C=CCC1C(c1c(O)ccc3ccccc13)N2. The predicted molar refractivity (Wildman–Crippen MR) is 136 cm³/mol. The van der Waals surface area contributed by atoms with Crippen molar-refractivity contribution >= 4 is 26.5 Å². The Morgan fingerprint density at radius 2 is 1.79 bits per heavy atom. The molecule has 3 aromatic rings. The first-order valence-electron chi connectivity index (χ1n) is 12.3. The van der Waals surface area contributed by atoms with Crippen molar-refractivity contribution in [3.05, 3.63) is 77.9 Å².